The standard InChI is InChI=1S/C12H12BrNO/c1-3-11-8(2)15-12(14-11)9-6-4-5-7-10(9)13/h4-7H,3H2,1-2H3. The average molecular weight is 266 g/mol. The summed E-state index contributed by atoms with van der Waals surface area (Å²) in [7, 11) is 0. The lowest BCUT2D eigenvalue weighted by Gasteiger charge is -1.97. The van der Waals surface area contributed by atoms with Gasteiger partial charge in [0, 0.05) is 4.47 Å². The fourth-order valence-corrected chi connectivity index (χ4v) is 1.96. The van der Waals surface area contributed by atoms with Crippen molar-refractivity contribution in [2.24, 2.45) is 0 Å². The van der Waals surface area contributed by atoms with Crippen molar-refractivity contribution in [3.05, 3.63) is 40.2 Å². The molecule has 0 aliphatic heterocycles. The van der Waals surface area contributed by atoms with Crippen molar-refractivity contribution in [1.82, 2.24) is 4.98 Å². The van der Waals surface area contributed by atoms with Crippen LogP contribution in [0.2, 0.25) is 0 Å². The lowest BCUT2D eigenvalue weighted by molar-refractivity contribution is 0.539. The van der Waals surface area contributed by atoms with Crippen LogP contribution in [-0.2, 0) is 6.42 Å². The van der Waals surface area contributed by atoms with Crippen molar-refractivity contribution in [1.29, 1.82) is 0 Å². The molecule has 2 nitrogen and oxygen atoms in total. The molecule has 0 unspecified atom stereocenters. The third-order valence-corrected chi connectivity index (χ3v) is 3.02. The Balaban J connectivity index is 2.50. The molecule has 0 atom stereocenters. The van der Waals surface area contributed by atoms with E-state index in [2.05, 4.69) is 27.8 Å². The first-order chi connectivity index (χ1) is 7.22. The molecule has 0 radical (unpaired) electrons. The van der Waals surface area contributed by atoms with Crippen molar-refractivity contribution in [3.63, 3.8) is 0 Å². The number of hydrogen-bond acceptors (Lipinski definition) is 2. The van der Waals surface area contributed by atoms with Crippen molar-refractivity contribution >= 4 is 15.9 Å². The van der Waals surface area contributed by atoms with E-state index in [4.69, 9.17) is 4.42 Å². The van der Waals surface area contributed by atoms with Gasteiger partial charge in [0.25, 0.3) is 0 Å². The van der Waals surface area contributed by atoms with Crippen LogP contribution >= 0.6 is 15.9 Å². The molecule has 78 valence electrons. The molecule has 0 bridgehead atoms. The zero-order chi connectivity index (χ0) is 10.8. The largest absolute Gasteiger partial charge is 0.441 e. The first-order valence-corrected chi connectivity index (χ1v) is 5.73. The van der Waals surface area contributed by atoms with Crippen LogP contribution in [0, 0.1) is 6.92 Å². The zero-order valence-electron chi connectivity index (χ0n) is 8.75. The molecule has 0 N–H and O–H groups in total. The number of aryl methyl sites for hydroxylation is 2. The molecule has 0 fully saturated rings. The van der Waals surface area contributed by atoms with Gasteiger partial charge in [-0.25, -0.2) is 4.98 Å². The summed E-state index contributed by atoms with van der Waals surface area (Å²) in [6.45, 7) is 4.03. The second kappa shape index (κ2) is 4.19. The minimum atomic E-state index is 0.692. The van der Waals surface area contributed by atoms with Gasteiger partial charge in [-0.05, 0) is 41.4 Å². The first kappa shape index (κ1) is 10.4. The molecule has 0 aliphatic carbocycles. The number of oxazole rings is 1. The number of rotatable bonds is 2. The third kappa shape index (κ3) is 1.97. The minimum Gasteiger partial charge on any atom is -0.441 e. The van der Waals surface area contributed by atoms with E-state index < -0.39 is 0 Å². The highest BCUT2D eigenvalue weighted by Gasteiger charge is 2.11. The normalized spacial score (nSPS) is 10.6. The smallest absolute Gasteiger partial charge is 0.227 e. The maximum absolute atomic E-state index is 5.63. The quantitative estimate of drug-likeness (QED) is 0.821. The predicted octanol–water partition coefficient (Wildman–Crippen LogP) is 3.97. The summed E-state index contributed by atoms with van der Waals surface area (Å²) < 4.78 is 6.64. The Kier molecular flexibility index (Phi) is 2.91. The van der Waals surface area contributed by atoms with Gasteiger partial charge in [0.2, 0.25) is 5.89 Å². The molecule has 1 heterocycles. The highest BCUT2D eigenvalue weighted by Crippen LogP contribution is 2.28. The van der Waals surface area contributed by atoms with Crippen LogP contribution in [0.1, 0.15) is 18.4 Å². The van der Waals surface area contributed by atoms with Gasteiger partial charge in [0.15, 0.2) is 0 Å². The summed E-state index contributed by atoms with van der Waals surface area (Å²) in [5.74, 6) is 1.60. The molecule has 0 spiro atoms. The molecule has 1 aromatic carbocycles. The highest BCUT2D eigenvalue weighted by molar-refractivity contribution is 9.10. The number of nitrogens with zero attached hydrogens (tertiary/aromatic N) is 1. The van der Waals surface area contributed by atoms with Crippen LogP contribution in [0.3, 0.4) is 0 Å². The summed E-state index contributed by atoms with van der Waals surface area (Å²) in [6, 6.07) is 7.94. The van der Waals surface area contributed by atoms with E-state index in [0.29, 0.717) is 5.89 Å². The van der Waals surface area contributed by atoms with Gasteiger partial charge >= 0.3 is 0 Å². The lowest BCUT2D eigenvalue weighted by atomic mass is 10.2. The molecule has 15 heavy (non-hydrogen) atoms. The molecule has 3 heteroatoms. The van der Waals surface area contributed by atoms with Crippen LogP contribution in [-0.4, -0.2) is 4.98 Å². The van der Waals surface area contributed by atoms with E-state index >= 15 is 0 Å². The van der Waals surface area contributed by atoms with Crippen molar-refractivity contribution < 1.29 is 4.42 Å². The molecular formula is C12H12BrNO. The fourth-order valence-electron chi connectivity index (χ4n) is 1.51. The van der Waals surface area contributed by atoms with E-state index in [0.717, 1.165) is 27.9 Å². The molecule has 1 aromatic heterocycles. The Morgan fingerprint density at radius 3 is 2.67 bits per heavy atom. The van der Waals surface area contributed by atoms with Crippen molar-refractivity contribution in [2.45, 2.75) is 20.3 Å². The second-order valence-corrected chi connectivity index (χ2v) is 4.21. The van der Waals surface area contributed by atoms with E-state index in [-0.39, 0.29) is 0 Å². The lowest BCUT2D eigenvalue weighted by Crippen LogP contribution is -1.83. The Morgan fingerprint density at radius 2 is 2.07 bits per heavy atom. The van der Waals surface area contributed by atoms with Gasteiger partial charge < -0.3 is 4.42 Å². The van der Waals surface area contributed by atoms with E-state index in [1.165, 1.54) is 0 Å². The predicted molar refractivity (Wildman–Crippen MR) is 63.8 cm³/mol. The van der Waals surface area contributed by atoms with Crippen LogP contribution < -0.4 is 0 Å². The molecular weight excluding hydrogens is 254 g/mol. The molecule has 0 aliphatic rings. The van der Waals surface area contributed by atoms with Gasteiger partial charge in [-0.2, -0.15) is 0 Å². The minimum absolute atomic E-state index is 0.692. The number of halogens is 1. The molecule has 0 amide bonds. The number of benzene rings is 1. The van der Waals surface area contributed by atoms with Crippen molar-refractivity contribution in [3.8, 4) is 11.5 Å². The number of hydrogen-bond donors (Lipinski definition) is 0. The van der Waals surface area contributed by atoms with Gasteiger partial charge in [-0.1, -0.05) is 19.1 Å². The monoisotopic (exact) mass is 265 g/mol. The van der Waals surface area contributed by atoms with Gasteiger partial charge in [-0.3, -0.25) is 0 Å². The summed E-state index contributed by atoms with van der Waals surface area (Å²) in [5, 5.41) is 0. The first-order valence-electron chi connectivity index (χ1n) is 4.93. The molecule has 2 rings (SSSR count). The summed E-state index contributed by atoms with van der Waals surface area (Å²) in [6.07, 6.45) is 0.903. The molecule has 0 saturated carbocycles. The second-order valence-electron chi connectivity index (χ2n) is 3.36. The maximum Gasteiger partial charge on any atom is 0.227 e. The Bertz CT molecular complexity index is 476. The zero-order valence-corrected chi connectivity index (χ0v) is 10.3. The Labute approximate surface area is 97.5 Å². The van der Waals surface area contributed by atoms with Crippen LogP contribution in [0.25, 0.3) is 11.5 Å². The summed E-state index contributed by atoms with van der Waals surface area (Å²) in [4.78, 5) is 4.46. The highest BCUT2D eigenvalue weighted by atomic mass is 79.9. The van der Waals surface area contributed by atoms with Crippen LogP contribution in [0.4, 0.5) is 0 Å². The van der Waals surface area contributed by atoms with E-state index in [9.17, 15) is 0 Å². The summed E-state index contributed by atoms with van der Waals surface area (Å²) in [5.41, 5.74) is 2.03. The van der Waals surface area contributed by atoms with Crippen molar-refractivity contribution in [2.75, 3.05) is 0 Å². The van der Waals surface area contributed by atoms with Crippen LogP contribution in [0.15, 0.2) is 33.2 Å². The van der Waals surface area contributed by atoms with Crippen LogP contribution in [0.5, 0.6) is 0 Å². The average Bonchev–Trinajstić information content (AvgIpc) is 2.60. The molecule has 0 saturated heterocycles. The summed E-state index contributed by atoms with van der Waals surface area (Å²) >= 11 is 3.49. The third-order valence-electron chi connectivity index (χ3n) is 2.33. The maximum atomic E-state index is 5.63. The molecule has 2 aromatic rings. The topological polar surface area (TPSA) is 26.0 Å². The number of aromatic nitrogens is 1. The van der Waals surface area contributed by atoms with Gasteiger partial charge in [0.05, 0.1) is 11.3 Å². The van der Waals surface area contributed by atoms with E-state index in [1.807, 2.05) is 31.2 Å². The van der Waals surface area contributed by atoms with E-state index in [1.54, 1.807) is 0 Å². The SMILES string of the molecule is CCc1nc(-c2ccccc2Br)oc1C. The Hall–Kier alpha value is -1.09. The fraction of sp³-hybridized carbons (Fsp3) is 0.250. The van der Waals surface area contributed by atoms with Gasteiger partial charge in [0.1, 0.15) is 5.76 Å². The Morgan fingerprint density at radius 1 is 1.33 bits per heavy atom. The van der Waals surface area contributed by atoms with Gasteiger partial charge in [-0.15, -0.1) is 0 Å².